The lowest BCUT2D eigenvalue weighted by molar-refractivity contribution is 0.102. The van der Waals surface area contributed by atoms with Crippen LogP contribution in [0.2, 0.25) is 0 Å². The summed E-state index contributed by atoms with van der Waals surface area (Å²) in [5.41, 5.74) is 2.67. The van der Waals surface area contributed by atoms with Crippen molar-refractivity contribution in [2.24, 2.45) is 0 Å². The molecule has 3 aromatic rings. The maximum atomic E-state index is 13.5. The molecule has 0 atom stereocenters. The van der Waals surface area contributed by atoms with Crippen molar-refractivity contribution < 1.29 is 9.18 Å². The molecule has 0 saturated heterocycles. The van der Waals surface area contributed by atoms with Crippen molar-refractivity contribution in [2.45, 2.75) is 6.92 Å². The summed E-state index contributed by atoms with van der Waals surface area (Å²) in [6.07, 6.45) is 0. The molecule has 112 valence electrons. The highest BCUT2D eigenvalue weighted by Gasteiger charge is 2.13. The SMILES string of the molecule is Cc1cc(C(=O)Nc2ccc(C#N)cc2)c2cc(F)ccc2n1. The van der Waals surface area contributed by atoms with Gasteiger partial charge in [0, 0.05) is 16.8 Å². The second-order valence-electron chi connectivity index (χ2n) is 5.12. The predicted molar refractivity (Wildman–Crippen MR) is 85.5 cm³/mol. The maximum Gasteiger partial charge on any atom is 0.256 e. The average molecular weight is 305 g/mol. The van der Waals surface area contributed by atoms with Gasteiger partial charge in [0.15, 0.2) is 0 Å². The van der Waals surface area contributed by atoms with Crippen LogP contribution < -0.4 is 5.32 Å². The molecule has 0 aliphatic carbocycles. The molecule has 3 rings (SSSR count). The normalized spacial score (nSPS) is 10.3. The highest BCUT2D eigenvalue weighted by Crippen LogP contribution is 2.21. The van der Waals surface area contributed by atoms with Gasteiger partial charge in [0.05, 0.1) is 22.7 Å². The van der Waals surface area contributed by atoms with Gasteiger partial charge in [-0.25, -0.2) is 4.39 Å². The average Bonchev–Trinajstić information content (AvgIpc) is 2.55. The third kappa shape index (κ3) is 3.01. The number of fused-ring (bicyclic) bond motifs is 1. The van der Waals surface area contributed by atoms with Crippen molar-refractivity contribution >= 4 is 22.5 Å². The quantitative estimate of drug-likeness (QED) is 0.783. The molecule has 0 saturated carbocycles. The van der Waals surface area contributed by atoms with Gasteiger partial charge in [0.25, 0.3) is 5.91 Å². The molecule has 1 amide bonds. The number of halogens is 1. The number of carbonyl (C=O) groups excluding carboxylic acids is 1. The number of hydrogen-bond acceptors (Lipinski definition) is 3. The molecule has 0 aliphatic heterocycles. The van der Waals surface area contributed by atoms with Crippen molar-refractivity contribution in [3.05, 3.63) is 71.2 Å². The zero-order valence-corrected chi connectivity index (χ0v) is 12.3. The van der Waals surface area contributed by atoms with Crippen LogP contribution in [0.1, 0.15) is 21.6 Å². The zero-order chi connectivity index (χ0) is 16.4. The molecule has 0 unspecified atom stereocenters. The van der Waals surface area contributed by atoms with E-state index in [9.17, 15) is 9.18 Å². The van der Waals surface area contributed by atoms with Gasteiger partial charge in [-0.3, -0.25) is 9.78 Å². The van der Waals surface area contributed by atoms with E-state index in [0.29, 0.717) is 33.4 Å². The van der Waals surface area contributed by atoms with Crippen molar-refractivity contribution in [1.82, 2.24) is 4.98 Å². The molecule has 5 heteroatoms. The molecule has 2 aromatic carbocycles. The Morgan fingerprint density at radius 2 is 1.91 bits per heavy atom. The molecule has 0 fully saturated rings. The first-order chi connectivity index (χ1) is 11.1. The number of pyridine rings is 1. The van der Waals surface area contributed by atoms with Gasteiger partial charge in [-0.05, 0) is 55.5 Å². The van der Waals surface area contributed by atoms with Crippen LogP contribution in [-0.4, -0.2) is 10.9 Å². The van der Waals surface area contributed by atoms with Gasteiger partial charge in [0.2, 0.25) is 0 Å². The molecule has 1 N–H and O–H groups in total. The molecule has 0 radical (unpaired) electrons. The number of nitriles is 1. The summed E-state index contributed by atoms with van der Waals surface area (Å²) >= 11 is 0. The third-order valence-electron chi connectivity index (χ3n) is 3.42. The van der Waals surface area contributed by atoms with Crippen LogP contribution >= 0.6 is 0 Å². The van der Waals surface area contributed by atoms with Gasteiger partial charge in [-0.2, -0.15) is 5.26 Å². The van der Waals surface area contributed by atoms with Crippen LogP contribution in [0.3, 0.4) is 0 Å². The van der Waals surface area contributed by atoms with E-state index in [1.165, 1.54) is 12.1 Å². The van der Waals surface area contributed by atoms with E-state index in [1.807, 2.05) is 6.07 Å². The summed E-state index contributed by atoms with van der Waals surface area (Å²) < 4.78 is 13.5. The molecule has 4 nitrogen and oxygen atoms in total. The number of aromatic nitrogens is 1. The first-order valence-corrected chi connectivity index (χ1v) is 6.95. The molecule has 1 aromatic heterocycles. The smallest absolute Gasteiger partial charge is 0.256 e. The van der Waals surface area contributed by atoms with Gasteiger partial charge in [-0.1, -0.05) is 0 Å². The minimum absolute atomic E-state index is 0.351. The first-order valence-electron chi connectivity index (χ1n) is 6.95. The van der Waals surface area contributed by atoms with Crippen molar-refractivity contribution in [3.63, 3.8) is 0 Å². The van der Waals surface area contributed by atoms with Crippen LogP contribution in [0.5, 0.6) is 0 Å². The number of anilines is 1. The Bertz CT molecular complexity index is 943. The number of rotatable bonds is 2. The summed E-state index contributed by atoms with van der Waals surface area (Å²) in [6, 6.07) is 14.3. The number of hydrogen-bond donors (Lipinski definition) is 1. The number of benzene rings is 2. The number of nitrogens with one attached hydrogen (secondary N) is 1. The fourth-order valence-electron chi connectivity index (χ4n) is 2.34. The number of nitrogens with zero attached hydrogens (tertiary/aromatic N) is 2. The lowest BCUT2D eigenvalue weighted by Crippen LogP contribution is -2.13. The van der Waals surface area contributed by atoms with Gasteiger partial charge in [0.1, 0.15) is 5.82 Å². The largest absolute Gasteiger partial charge is 0.322 e. The lowest BCUT2D eigenvalue weighted by Gasteiger charge is -2.09. The molecule has 0 spiro atoms. The number of amides is 1. The molecule has 23 heavy (non-hydrogen) atoms. The van der Waals surface area contributed by atoms with Crippen LogP contribution in [0.25, 0.3) is 10.9 Å². The van der Waals surface area contributed by atoms with Crippen LogP contribution in [0.4, 0.5) is 10.1 Å². The van der Waals surface area contributed by atoms with E-state index < -0.39 is 5.82 Å². The van der Waals surface area contributed by atoms with E-state index in [-0.39, 0.29) is 5.91 Å². The Morgan fingerprint density at radius 1 is 1.17 bits per heavy atom. The second-order valence-corrected chi connectivity index (χ2v) is 5.12. The fourth-order valence-corrected chi connectivity index (χ4v) is 2.34. The molecule has 1 heterocycles. The predicted octanol–water partition coefficient (Wildman–Crippen LogP) is 3.81. The van der Waals surface area contributed by atoms with E-state index in [2.05, 4.69) is 10.3 Å². The Hall–Kier alpha value is -3.26. The van der Waals surface area contributed by atoms with Gasteiger partial charge < -0.3 is 5.32 Å². The third-order valence-corrected chi connectivity index (χ3v) is 3.42. The van der Waals surface area contributed by atoms with E-state index in [0.717, 1.165) is 0 Å². The fraction of sp³-hybridized carbons (Fsp3) is 0.0556. The number of carbonyl (C=O) groups is 1. The summed E-state index contributed by atoms with van der Waals surface area (Å²) in [6.45, 7) is 1.78. The highest BCUT2D eigenvalue weighted by molar-refractivity contribution is 6.12. The number of aryl methyl sites for hydroxylation is 1. The Balaban J connectivity index is 1.99. The minimum Gasteiger partial charge on any atom is -0.322 e. The monoisotopic (exact) mass is 305 g/mol. The van der Waals surface area contributed by atoms with Crippen LogP contribution in [0.15, 0.2) is 48.5 Å². The lowest BCUT2D eigenvalue weighted by atomic mass is 10.1. The van der Waals surface area contributed by atoms with Gasteiger partial charge in [-0.15, -0.1) is 0 Å². The Labute approximate surface area is 132 Å². The summed E-state index contributed by atoms with van der Waals surface area (Å²) in [5.74, 6) is -0.772. The van der Waals surface area contributed by atoms with Crippen molar-refractivity contribution in [1.29, 1.82) is 5.26 Å². The van der Waals surface area contributed by atoms with Gasteiger partial charge >= 0.3 is 0 Å². The molecule has 0 aliphatic rings. The molecule has 0 bridgehead atoms. The topological polar surface area (TPSA) is 65.8 Å². The summed E-state index contributed by atoms with van der Waals surface area (Å²) in [5, 5.41) is 12.0. The zero-order valence-electron chi connectivity index (χ0n) is 12.3. The van der Waals surface area contributed by atoms with Crippen molar-refractivity contribution in [2.75, 3.05) is 5.32 Å². The summed E-state index contributed by atoms with van der Waals surface area (Å²) in [7, 11) is 0. The van der Waals surface area contributed by atoms with E-state index >= 15 is 0 Å². The van der Waals surface area contributed by atoms with E-state index in [1.54, 1.807) is 43.3 Å². The molecular weight excluding hydrogens is 293 g/mol. The maximum absolute atomic E-state index is 13.5. The standard InChI is InChI=1S/C18H12FN3O/c1-11-8-16(15-9-13(19)4-7-17(15)21-11)18(23)22-14-5-2-12(10-20)3-6-14/h2-9H,1H3,(H,22,23). The summed E-state index contributed by atoms with van der Waals surface area (Å²) in [4.78, 5) is 16.8. The Morgan fingerprint density at radius 3 is 2.61 bits per heavy atom. The Kier molecular flexibility index (Phi) is 3.73. The first kappa shape index (κ1) is 14.7. The minimum atomic E-state index is -0.421. The van der Waals surface area contributed by atoms with Crippen LogP contribution in [-0.2, 0) is 0 Å². The highest BCUT2D eigenvalue weighted by atomic mass is 19.1. The van der Waals surface area contributed by atoms with Crippen LogP contribution in [0, 0.1) is 24.1 Å². The van der Waals surface area contributed by atoms with Crippen molar-refractivity contribution in [3.8, 4) is 6.07 Å². The van der Waals surface area contributed by atoms with E-state index in [4.69, 9.17) is 5.26 Å². The second kappa shape index (κ2) is 5.85. The molecular formula is C18H12FN3O.